The van der Waals surface area contributed by atoms with Crippen molar-refractivity contribution in [3.8, 4) is 0 Å². The van der Waals surface area contributed by atoms with Crippen LogP contribution in [-0.4, -0.2) is 26.2 Å². The van der Waals surface area contributed by atoms with Crippen LogP contribution in [0.25, 0.3) is 0 Å². The lowest BCUT2D eigenvalue weighted by Gasteiger charge is -2.24. The first-order valence-corrected chi connectivity index (χ1v) is 9.49. The van der Waals surface area contributed by atoms with Crippen LogP contribution in [-0.2, 0) is 19.6 Å². The number of allylic oxidation sites excluding steroid dienone is 1. The monoisotopic (exact) mass is 377 g/mol. The molecule has 0 aliphatic heterocycles. The molecule has 0 radical (unpaired) electrons. The van der Waals surface area contributed by atoms with Crippen LogP contribution in [0.5, 0.6) is 0 Å². The maximum atomic E-state index is 12.7. The zero-order valence-corrected chi connectivity index (χ0v) is 14.8. The summed E-state index contributed by atoms with van der Waals surface area (Å²) in [6.07, 6.45) is 3.30. The van der Waals surface area contributed by atoms with Crippen molar-refractivity contribution in [2.75, 3.05) is 11.3 Å². The Hall–Kier alpha value is -1.24. The van der Waals surface area contributed by atoms with Crippen molar-refractivity contribution in [2.24, 2.45) is 0 Å². The maximum absolute atomic E-state index is 12.7. The summed E-state index contributed by atoms with van der Waals surface area (Å²) in [5.74, 6) is -0.597. The first-order valence-electron chi connectivity index (χ1n) is 7.19. The lowest BCUT2D eigenvalue weighted by Crippen LogP contribution is -2.34. The van der Waals surface area contributed by atoms with Gasteiger partial charge in [0, 0.05) is 5.02 Å². The molecule has 1 aromatic carbocycles. The minimum absolute atomic E-state index is 0.170. The molecule has 0 saturated heterocycles. The fraction of sp³-hybridized carbons (Fsp3) is 0.400. The number of esters is 1. The van der Waals surface area contributed by atoms with E-state index < -0.39 is 21.2 Å². The van der Waals surface area contributed by atoms with Gasteiger partial charge < -0.3 is 4.74 Å². The average Bonchev–Trinajstić information content (AvgIpc) is 2.51. The van der Waals surface area contributed by atoms with Crippen LogP contribution in [0.15, 0.2) is 29.8 Å². The van der Waals surface area contributed by atoms with Crippen LogP contribution in [0, 0.1) is 0 Å². The van der Waals surface area contributed by atoms with Gasteiger partial charge in [0.05, 0.1) is 22.9 Å². The van der Waals surface area contributed by atoms with Gasteiger partial charge in [0.2, 0.25) is 10.0 Å². The summed E-state index contributed by atoms with van der Waals surface area (Å²) < 4.78 is 32.7. The molecule has 0 fully saturated rings. The third kappa shape index (κ3) is 4.40. The number of hydrogen-bond acceptors (Lipinski definition) is 4. The summed E-state index contributed by atoms with van der Waals surface area (Å²) in [5.41, 5.74) is 0.358. The number of benzene rings is 1. The summed E-state index contributed by atoms with van der Waals surface area (Å²) in [7, 11) is -3.85. The molecule has 0 amide bonds. The Bertz CT molecular complexity index is 731. The van der Waals surface area contributed by atoms with Gasteiger partial charge >= 0.3 is 5.97 Å². The van der Waals surface area contributed by atoms with E-state index in [1.807, 2.05) is 0 Å². The fourth-order valence-electron chi connectivity index (χ4n) is 2.40. The molecule has 1 unspecified atom stereocenters. The number of rotatable bonds is 5. The third-order valence-electron chi connectivity index (χ3n) is 3.45. The molecule has 23 heavy (non-hydrogen) atoms. The topological polar surface area (TPSA) is 72.5 Å². The molecule has 0 saturated carbocycles. The van der Waals surface area contributed by atoms with E-state index in [1.165, 1.54) is 12.1 Å². The van der Waals surface area contributed by atoms with Crippen molar-refractivity contribution in [3.63, 3.8) is 0 Å². The van der Waals surface area contributed by atoms with Gasteiger partial charge in [0.15, 0.2) is 0 Å². The van der Waals surface area contributed by atoms with Gasteiger partial charge in [-0.15, -0.1) is 0 Å². The summed E-state index contributed by atoms with van der Waals surface area (Å²) in [6, 6.07) is 4.50. The third-order valence-corrected chi connectivity index (χ3v) is 5.76. The highest BCUT2D eigenvalue weighted by Crippen LogP contribution is 2.31. The van der Waals surface area contributed by atoms with E-state index in [0.29, 0.717) is 24.3 Å². The molecule has 0 aromatic heterocycles. The van der Waals surface area contributed by atoms with Crippen molar-refractivity contribution in [1.82, 2.24) is 0 Å². The van der Waals surface area contributed by atoms with E-state index in [0.717, 1.165) is 0 Å². The number of carbonyl (C=O) groups excluding carboxylic acids is 1. The van der Waals surface area contributed by atoms with Crippen LogP contribution in [0.2, 0.25) is 10.0 Å². The molecule has 0 bridgehead atoms. The quantitative estimate of drug-likeness (QED) is 0.792. The second-order valence-electron chi connectivity index (χ2n) is 5.07. The molecule has 2 rings (SSSR count). The van der Waals surface area contributed by atoms with Crippen molar-refractivity contribution < 1.29 is 17.9 Å². The lowest BCUT2D eigenvalue weighted by atomic mass is 9.99. The lowest BCUT2D eigenvalue weighted by molar-refractivity contribution is -0.138. The molecule has 5 nitrogen and oxygen atoms in total. The van der Waals surface area contributed by atoms with Crippen LogP contribution in [0.4, 0.5) is 5.69 Å². The Balaban J connectivity index is 2.30. The highest BCUT2D eigenvalue weighted by molar-refractivity contribution is 7.93. The first kappa shape index (κ1) is 18.1. The number of halogens is 2. The van der Waals surface area contributed by atoms with Crippen LogP contribution < -0.4 is 4.72 Å². The van der Waals surface area contributed by atoms with Gasteiger partial charge in [-0.05, 0) is 44.4 Å². The molecule has 1 aliphatic carbocycles. The van der Waals surface area contributed by atoms with Crippen molar-refractivity contribution in [1.29, 1.82) is 0 Å². The minimum Gasteiger partial charge on any atom is -0.463 e. The largest absolute Gasteiger partial charge is 0.463 e. The normalized spacial score (nSPS) is 18.2. The van der Waals surface area contributed by atoms with E-state index >= 15 is 0 Å². The van der Waals surface area contributed by atoms with Crippen molar-refractivity contribution in [2.45, 2.75) is 31.4 Å². The SMILES string of the molecule is CCOC(=O)C1=CCCCC1S(=O)(=O)Nc1cc(Cl)ccc1Cl. The number of sulfonamides is 1. The molecular weight excluding hydrogens is 361 g/mol. The second-order valence-corrected chi connectivity index (χ2v) is 7.78. The van der Waals surface area contributed by atoms with Gasteiger partial charge in [0.25, 0.3) is 0 Å². The Labute approximate surface area is 145 Å². The Kier molecular flexibility index (Phi) is 5.95. The van der Waals surface area contributed by atoms with E-state index in [2.05, 4.69) is 4.72 Å². The second kappa shape index (κ2) is 7.55. The summed E-state index contributed by atoms with van der Waals surface area (Å²) in [4.78, 5) is 12.0. The van der Waals surface area contributed by atoms with Crippen LogP contribution >= 0.6 is 23.2 Å². The number of carbonyl (C=O) groups is 1. The molecule has 126 valence electrons. The van der Waals surface area contributed by atoms with Gasteiger partial charge in [-0.2, -0.15) is 0 Å². The van der Waals surface area contributed by atoms with E-state index in [1.54, 1.807) is 19.1 Å². The Morgan fingerprint density at radius 3 is 2.83 bits per heavy atom. The molecular formula is C15H17Cl2NO4S. The molecule has 0 spiro atoms. The van der Waals surface area contributed by atoms with E-state index in [9.17, 15) is 13.2 Å². The van der Waals surface area contributed by atoms with Gasteiger partial charge in [-0.25, -0.2) is 13.2 Å². The minimum atomic E-state index is -3.85. The molecule has 1 N–H and O–H groups in total. The summed E-state index contributed by atoms with van der Waals surface area (Å²) in [6.45, 7) is 1.87. The smallest absolute Gasteiger partial charge is 0.335 e. The number of anilines is 1. The molecule has 1 aromatic rings. The zero-order valence-electron chi connectivity index (χ0n) is 12.5. The fourth-order valence-corrected chi connectivity index (χ4v) is 4.41. The standard InChI is InChI=1S/C15H17Cl2NO4S/c1-2-22-15(19)11-5-3-4-6-14(11)23(20,21)18-13-9-10(16)7-8-12(13)17/h5,7-9,14,18H,2-4,6H2,1H3. The van der Waals surface area contributed by atoms with Crippen molar-refractivity contribution >= 4 is 44.9 Å². The van der Waals surface area contributed by atoms with E-state index in [4.69, 9.17) is 27.9 Å². The zero-order chi connectivity index (χ0) is 17.0. The highest BCUT2D eigenvalue weighted by Gasteiger charge is 2.35. The first-order chi connectivity index (χ1) is 10.8. The van der Waals surface area contributed by atoms with Gasteiger partial charge in [0.1, 0.15) is 5.25 Å². The van der Waals surface area contributed by atoms with Gasteiger partial charge in [-0.3, -0.25) is 4.72 Å². The molecule has 8 heteroatoms. The predicted molar refractivity (Wildman–Crippen MR) is 91.4 cm³/mol. The number of nitrogens with one attached hydrogen (secondary N) is 1. The molecule has 0 heterocycles. The Morgan fingerprint density at radius 1 is 1.39 bits per heavy atom. The number of ether oxygens (including phenoxy) is 1. The molecule has 1 aliphatic rings. The van der Waals surface area contributed by atoms with E-state index in [-0.39, 0.29) is 22.9 Å². The van der Waals surface area contributed by atoms with Gasteiger partial charge in [-0.1, -0.05) is 29.3 Å². The number of hydrogen-bond donors (Lipinski definition) is 1. The predicted octanol–water partition coefficient (Wildman–Crippen LogP) is 3.78. The average molecular weight is 378 g/mol. The van der Waals surface area contributed by atoms with Crippen LogP contribution in [0.1, 0.15) is 26.2 Å². The summed E-state index contributed by atoms with van der Waals surface area (Å²) >= 11 is 11.9. The highest BCUT2D eigenvalue weighted by atomic mass is 35.5. The summed E-state index contributed by atoms with van der Waals surface area (Å²) in [5, 5.41) is -0.377. The molecule has 1 atom stereocenters. The van der Waals surface area contributed by atoms with Crippen molar-refractivity contribution in [3.05, 3.63) is 39.9 Å². The van der Waals surface area contributed by atoms with Crippen LogP contribution in [0.3, 0.4) is 0 Å². The maximum Gasteiger partial charge on any atom is 0.335 e. The Morgan fingerprint density at radius 2 is 2.13 bits per heavy atom.